The largest absolute Gasteiger partial charge is 0.462 e. The number of hydrogen-bond donors (Lipinski definition) is 2. The Bertz CT molecular complexity index is 831. The monoisotopic (exact) mass is 400 g/mol. The molecule has 0 radical (unpaired) electrons. The lowest BCUT2D eigenvalue weighted by Crippen LogP contribution is -2.42. The first-order chi connectivity index (χ1) is 12.2. The van der Waals surface area contributed by atoms with Crippen molar-refractivity contribution in [1.82, 2.24) is 15.2 Å². The van der Waals surface area contributed by atoms with Gasteiger partial charge < -0.3 is 10.2 Å². The molecule has 0 aromatic heterocycles. The fourth-order valence-electron chi connectivity index (χ4n) is 1.65. The Hall–Kier alpha value is -2.61. The molecule has 1 amide bonds. The first-order valence-electron chi connectivity index (χ1n) is 7.26. The van der Waals surface area contributed by atoms with Crippen molar-refractivity contribution in [2.75, 3.05) is 20.2 Å². The lowest BCUT2D eigenvalue weighted by atomic mass is 10.3. The van der Waals surface area contributed by atoms with Gasteiger partial charge >= 0.3 is 5.97 Å². The SMILES string of the molecule is CCOC(=O)/C(C#N)=C/NNC(=O)CN(C)S(=O)(=O)c1ccc(Cl)cc1. The summed E-state index contributed by atoms with van der Waals surface area (Å²) in [4.78, 5) is 23.2. The first-order valence-corrected chi connectivity index (χ1v) is 9.07. The van der Waals surface area contributed by atoms with E-state index in [4.69, 9.17) is 16.9 Å². The molecule has 9 nitrogen and oxygen atoms in total. The summed E-state index contributed by atoms with van der Waals surface area (Å²) >= 11 is 5.72. The highest BCUT2D eigenvalue weighted by Gasteiger charge is 2.22. The number of rotatable bonds is 8. The maximum atomic E-state index is 12.3. The first kappa shape index (κ1) is 21.4. The Morgan fingerprint density at radius 1 is 1.35 bits per heavy atom. The maximum Gasteiger partial charge on any atom is 0.350 e. The van der Waals surface area contributed by atoms with Crippen molar-refractivity contribution < 1.29 is 22.7 Å². The number of carbonyl (C=O) groups excluding carboxylic acids is 2. The maximum absolute atomic E-state index is 12.3. The van der Waals surface area contributed by atoms with E-state index in [0.717, 1.165) is 10.5 Å². The zero-order chi connectivity index (χ0) is 19.7. The van der Waals surface area contributed by atoms with Crippen molar-refractivity contribution in [3.8, 4) is 6.07 Å². The third-order valence-corrected chi connectivity index (χ3v) is 5.00. The molecule has 0 atom stereocenters. The van der Waals surface area contributed by atoms with E-state index in [0.29, 0.717) is 5.02 Å². The van der Waals surface area contributed by atoms with Gasteiger partial charge in [-0.1, -0.05) is 11.6 Å². The van der Waals surface area contributed by atoms with Gasteiger partial charge in [0.1, 0.15) is 6.07 Å². The normalized spacial score (nSPS) is 11.6. The van der Waals surface area contributed by atoms with Gasteiger partial charge in [-0.2, -0.15) is 9.57 Å². The quantitative estimate of drug-likeness (QED) is 0.282. The number of hydrogen-bond acceptors (Lipinski definition) is 7. The minimum atomic E-state index is -3.87. The van der Waals surface area contributed by atoms with Crippen LogP contribution in [0.3, 0.4) is 0 Å². The molecule has 1 rings (SSSR count). The molecule has 0 fully saturated rings. The van der Waals surface area contributed by atoms with Crippen molar-refractivity contribution in [1.29, 1.82) is 5.26 Å². The van der Waals surface area contributed by atoms with Crippen LogP contribution in [0.4, 0.5) is 0 Å². The number of nitrogens with zero attached hydrogens (tertiary/aromatic N) is 2. The van der Waals surface area contributed by atoms with Crippen LogP contribution in [0.5, 0.6) is 0 Å². The third kappa shape index (κ3) is 6.03. The van der Waals surface area contributed by atoms with Crippen LogP contribution in [-0.4, -0.2) is 44.8 Å². The Morgan fingerprint density at radius 2 is 1.96 bits per heavy atom. The second-order valence-electron chi connectivity index (χ2n) is 4.80. The van der Waals surface area contributed by atoms with Gasteiger partial charge in [0.25, 0.3) is 5.91 Å². The van der Waals surface area contributed by atoms with Crippen LogP contribution in [0.25, 0.3) is 0 Å². The molecule has 0 heterocycles. The zero-order valence-corrected chi connectivity index (χ0v) is 15.6. The molecule has 0 spiro atoms. The second kappa shape index (κ2) is 9.76. The van der Waals surface area contributed by atoms with E-state index in [9.17, 15) is 18.0 Å². The molecule has 0 saturated carbocycles. The summed E-state index contributed by atoms with van der Waals surface area (Å²) in [5.41, 5.74) is 4.06. The number of esters is 1. The molecule has 0 aliphatic heterocycles. The van der Waals surface area contributed by atoms with Gasteiger partial charge in [0.15, 0.2) is 5.57 Å². The highest BCUT2D eigenvalue weighted by Crippen LogP contribution is 2.17. The fraction of sp³-hybridized carbons (Fsp3) is 0.267. The van der Waals surface area contributed by atoms with Crippen molar-refractivity contribution in [3.05, 3.63) is 41.1 Å². The lowest BCUT2D eigenvalue weighted by molar-refractivity contribution is -0.138. The summed E-state index contributed by atoms with van der Waals surface area (Å²) in [5.74, 6) is -1.55. The number of ether oxygens (including phenoxy) is 1. The molecule has 140 valence electrons. The summed E-state index contributed by atoms with van der Waals surface area (Å²) in [6.07, 6.45) is 0.948. The summed E-state index contributed by atoms with van der Waals surface area (Å²) in [6, 6.07) is 7.11. The molecule has 1 aromatic rings. The van der Waals surface area contributed by atoms with Crippen molar-refractivity contribution >= 4 is 33.5 Å². The number of hydrazine groups is 1. The number of carbonyl (C=O) groups is 2. The molecular formula is C15H17ClN4O5S. The van der Waals surface area contributed by atoms with E-state index in [-0.39, 0.29) is 17.1 Å². The lowest BCUT2D eigenvalue weighted by Gasteiger charge is -2.16. The van der Waals surface area contributed by atoms with Crippen LogP contribution in [0.1, 0.15) is 6.92 Å². The van der Waals surface area contributed by atoms with Gasteiger partial charge in [0, 0.05) is 18.3 Å². The van der Waals surface area contributed by atoms with Crippen LogP contribution in [0.15, 0.2) is 40.9 Å². The highest BCUT2D eigenvalue weighted by atomic mass is 35.5. The number of nitriles is 1. The average molecular weight is 401 g/mol. The van der Waals surface area contributed by atoms with Crippen molar-refractivity contribution in [3.63, 3.8) is 0 Å². The number of nitrogens with one attached hydrogen (secondary N) is 2. The summed E-state index contributed by atoms with van der Waals surface area (Å²) in [5, 5.41) is 9.20. The van der Waals surface area contributed by atoms with Crippen molar-refractivity contribution in [2.24, 2.45) is 0 Å². The topological polar surface area (TPSA) is 129 Å². The van der Waals surface area contributed by atoms with Gasteiger partial charge in [0.2, 0.25) is 10.0 Å². The van der Waals surface area contributed by atoms with Crippen molar-refractivity contribution in [2.45, 2.75) is 11.8 Å². The molecule has 0 aliphatic rings. The van der Waals surface area contributed by atoms with Crippen LogP contribution in [0.2, 0.25) is 5.02 Å². The molecule has 0 saturated heterocycles. The second-order valence-corrected chi connectivity index (χ2v) is 7.28. The van der Waals surface area contributed by atoms with Gasteiger partial charge in [0.05, 0.1) is 18.0 Å². The van der Waals surface area contributed by atoms with E-state index < -0.39 is 28.4 Å². The van der Waals surface area contributed by atoms with E-state index in [1.54, 1.807) is 13.0 Å². The molecule has 26 heavy (non-hydrogen) atoms. The van der Waals surface area contributed by atoms with Gasteiger partial charge in [-0.05, 0) is 31.2 Å². The minimum absolute atomic E-state index is 0.0147. The van der Waals surface area contributed by atoms with E-state index >= 15 is 0 Å². The molecule has 0 unspecified atom stereocenters. The minimum Gasteiger partial charge on any atom is -0.462 e. The third-order valence-electron chi connectivity index (χ3n) is 2.93. The van der Waals surface area contributed by atoms with Crippen LogP contribution in [-0.2, 0) is 24.3 Å². The Labute approximate surface area is 156 Å². The molecule has 0 bridgehead atoms. The number of likely N-dealkylation sites (N-methyl/N-ethyl adjacent to an activating group) is 1. The molecule has 0 aliphatic carbocycles. The van der Waals surface area contributed by atoms with Crippen LogP contribution in [0, 0.1) is 11.3 Å². The van der Waals surface area contributed by atoms with E-state index in [1.807, 2.05) is 0 Å². The predicted octanol–water partition coefficient (Wildman–Crippen LogP) is 0.552. The van der Waals surface area contributed by atoms with E-state index in [2.05, 4.69) is 15.6 Å². The standard InChI is InChI=1S/C15H17ClN4O5S/c1-3-25-15(22)11(8-17)9-18-19-14(21)10-20(2)26(23,24)13-6-4-12(16)5-7-13/h4-7,9,18H,3,10H2,1-2H3,(H,19,21)/b11-9+. The number of halogens is 1. The number of sulfonamides is 1. The van der Waals surface area contributed by atoms with Crippen LogP contribution < -0.4 is 10.9 Å². The van der Waals surface area contributed by atoms with Crippen LogP contribution >= 0.6 is 11.6 Å². The fourth-order valence-corrected chi connectivity index (χ4v) is 2.90. The summed E-state index contributed by atoms with van der Waals surface area (Å²) in [7, 11) is -2.64. The Balaban J connectivity index is 2.66. The smallest absolute Gasteiger partial charge is 0.350 e. The predicted molar refractivity (Wildman–Crippen MR) is 92.9 cm³/mol. The van der Waals surface area contributed by atoms with Gasteiger partial charge in [-0.3, -0.25) is 10.2 Å². The summed E-state index contributed by atoms with van der Waals surface area (Å²) in [6.45, 7) is 1.18. The molecule has 2 N–H and O–H groups in total. The molecule has 1 aromatic carbocycles. The highest BCUT2D eigenvalue weighted by molar-refractivity contribution is 7.89. The average Bonchev–Trinajstić information content (AvgIpc) is 2.59. The Morgan fingerprint density at radius 3 is 2.50 bits per heavy atom. The van der Waals surface area contributed by atoms with E-state index in [1.165, 1.54) is 31.3 Å². The zero-order valence-electron chi connectivity index (χ0n) is 14.0. The Kier molecular flexibility index (Phi) is 8.05. The molecule has 11 heteroatoms. The summed E-state index contributed by atoms with van der Waals surface area (Å²) < 4.78 is 30.2. The molecular weight excluding hydrogens is 384 g/mol. The van der Waals surface area contributed by atoms with Gasteiger partial charge in [-0.25, -0.2) is 13.2 Å². The number of benzene rings is 1. The van der Waals surface area contributed by atoms with Gasteiger partial charge in [-0.15, -0.1) is 0 Å². The number of amides is 1.